The number of nitrogens with zero attached hydrogens (tertiary/aromatic N) is 3. The van der Waals surface area contributed by atoms with Crippen LogP contribution in [0.25, 0.3) is 11.4 Å². The van der Waals surface area contributed by atoms with Crippen molar-refractivity contribution in [1.82, 2.24) is 25.7 Å². The molecule has 9 heteroatoms. The van der Waals surface area contributed by atoms with Crippen LogP contribution in [0.3, 0.4) is 0 Å². The first kappa shape index (κ1) is 18.9. The van der Waals surface area contributed by atoms with Gasteiger partial charge in [0.15, 0.2) is 0 Å². The summed E-state index contributed by atoms with van der Waals surface area (Å²) in [5, 5.41) is 14.1. The van der Waals surface area contributed by atoms with Crippen molar-refractivity contribution in [2.75, 3.05) is 39.3 Å². The van der Waals surface area contributed by atoms with E-state index in [0.29, 0.717) is 31.1 Å². The van der Waals surface area contributed by atoms with Crippen LogP contribution in [0.15, 0.2) is 21.3 Å². The first-order valence-corrected chi connectivity index (χ1v) is 8.80. The van der Waals surface area contributed by atoms with Crippen LogP contribution in [0.4, 0.5) is 0 Å². The van der Waals surface area contributed by atoms with E-state index < -0.39 is 0 Å². The van der Waals surface area contributed by atoms with E-state index in [1.807, 2.05) is 16.8 Å². The maximum Gasteiger partial charge on any atom is 0.227 e. The molecule has 0 spiro atoms. The number of carbonyl (C=O) groups is 1. The van der Waals surface area contributed by atoms with Crippen molar-refractivity contribution >= 4 is 29.7 Å². The van der Waals surface area contributed by atoms with E-state index in [9.17, 15) is 4.79 Å². The van der Waals surface area contributed by atoms with E-state index in [1.165, 1.54) is 0 Å². The molecule has 2 aromatic heterocycles. The normalized spacial score (nSPS) is 15.0. The predicted molar refractivity (Wildman–Crippen MR) is 95.5 cm³/mol. The van der Waals surface area contributed by atoms with Crippen LogP contribution < -0.4 is 10.6 Å². The summed E-state index contributed by atoms with van der Waals surface area (Å²) in [5.74, 6) is 1.11. The van der Waals surface area contributed by atoms with Crippen molar-refractivity contribution in [3.05, 3.63) is 22.7 Å². The largest absolute Gasteiger partial charge is 0.355 e. The van der Waals surface area contributed by atoms with Gasteiger partial charge in [0.25, 0.3) is 0 Å². The van der Waals surface area contributed by atoms with Gasteiger partial charge in [0.1, 0.15) is 0 Å². The zero-order valence-electron chi connectivity index (χ0n) is 13.4. The summed E-state index contributed by atoms with van der Waals surface area (Å²) in [5.41, 5.74) is 0.950. The predicted octanol–water partition coefficient (Wildman–Crippen LogP) is 1.17. The number of hydrogen-bond donors (Lipinski definition) is 2. The molecule has 1 aliphatic heterocycles. The number of piperazine rings is 1. The van der Waals surface area contributed by atoms with Crippen molar-refractivity contribution < 1.29 is 9.32 Å². The number of rotatable bonds is 7. The van der Waals surface area contributed by atoms with Gasteiger partial charge in [-0.05, 0) is 11.4 Å². The molecule has 0 radical (unpaired) electrons. The number of amides is 1. The standard InChI is InChI=1S/C15H21N5O2S.ClH/c21-13(17-6-9-20-7-4-16-5-8-20)1-2-14-18-15(19-22-14)12-3-10-23-11-12;/h3,10-11,16H,1-2,4-9H2,(H,17,21);1H. The average molecular weight is 372 g/mol. The summed E-state index contributed by atoms with van der Waals surface area (Å²) < 4.78 is 5.19. The van der Waals surface area contributed by atoms with Gasteiger partial charge in [-0.3, -0.25) is 9.69 Å². The highest BCUT2D eigenvalue weighted by Gasteiger charge is 2.12. The molecular weight excluding hydrogens is 350 g/mol. The fraction of sp³-hybridized carbons (Fsp3) is 0.533. The number of aryl methyl sites for hydroxylation is 1. The molecule has 0 atom stereocenters. The lowest BCUT2D eigenvalue weighted by molar-refractivity contribution is -0.121. The molecule has 132 valence electrons. The lowest BCUT2D eigenvalue weighted by Gasteiger charge is -2.27. The lowest BCUT2D eigenvalue weighted by atomic mass is 10.3. The molecule has 0 saturated carbocycles. The van der Waals surface area contributed by atoms with Gasteiger partial charge in [0.2, 0.25) is 17.6 Å². The van der Waals surface area contributed by atoms with Gasteiger partial charge < -0.3 is 15.2 Å². The third-order valence-corrected chi connectivity index (χ3v) is 4.46. The third kappa shape index (κ3) is 5.55. The number of halogens is 1. The van der Waals surface area contributed by atoms with Crippen LogP contribution in [0, 0.1) is 0 Å². The number of carbonyl (C=O) groups excluding carboxylic acids is 1. The second-order valence-corrected chi connectivity index (χ2v) is 6.25. The van der Waals surface area contributed by atoms with E-state index >= 15 is 0 Å². The Balaban J connectivity index is 0.00000208. The minimum Gasteiger partial charge on any atom is -0.355 e. The van der Waals surface area contributed by atoms with Crippen molar-refractivity contribution in [1.29, 1.82) is 0 Å². The Bertz CT molecular complexity index is 613. The molecular formula is C15H22ClN5O2S. The summed E-state index contributed by atoms with van der Waals surface area (Å²) in [6.07, 6.45) is 0.837. The zero-order chi connectivity index (χ0) is 15.9. The summed E-state index contributed by atoms with van der Waals surface area (Å²) in [4.78, 5) is 18.5. The van der Waals surface area contributed by atoms with Crippen molar-refractivity contribution in [2.24, 2.45) is 0 Å². The first-order valence-electron chi connectivity index (χ1n) is 7.86. The van der Waals surface area contributed by atoms with Crippen LogP contribution in [0.5, 0.6) is 0 Å². The van der Waals surface area contributed by atoms with E-state index in [0.717, 1.165) is 38.3 Å². The maximum absolute atomic E-state index is 11.9. The maximum atomic E-state index is 11.9. The van der Waals surface area contributed by atoms with Crippen LogP contribution in [-0.4, -0.2) is 60.2 Å². The van der Waals surface area contributed by atoms with Gasteiger partial charge in [0.05, 0.1) is 0 Å². The molecule has 3 heterocycles. The third-order valence-electron chi connectivity index (χ3n) is 3.77. The zero-order valence-corrected chi connectivity index (χ0v) is 15.0. The monoisotopic (exact) mass is 371 g/mol. The Morgan fingerprint density at radius 3 is 3.00 bits per heavy atom. The molecule has 1 aliphatic rings. The molecule has 0 unspecified atom stereocenters. The second kappa shape index (κ2) is 9.73. The molecule has 0 aliphatic carbocycles. The Morgan fingerprint density at radius 1 is 1.42 bits per heavy atom. The molecule has 1 fully saturated rings. The minimum atomic E-state index is 0. The van der Waals surface area contributed by atoms with Gasteiger partial charge in [-0.25, -0.2) is 0 Å². The van der Waals surface area contributed by atoms with Crippen LogP contribution in [-0.2, 0) is 11.2 Å². The number of hydrogen-bond acceptors (Lipinski definition) is 7. The topological polar surface area (TPSA) is 83.3 Å². The molecule has 7 nitrogen and oxygen atoms in total. The molecule has 0 bridgehead atoms. The smallest absolute Gasteiger partial charge is 0.227 e. The van der Waals surface area contributed by atoms with E-state index in [4.69, 9.17) is 4.52 Å². The summed E-state index contributed by atoms with van der Waals surface area (Å²) in [6.45, 7) is 5.72. The Labute approximate surface area is 151 Å². The van der Waals surface area contributed by atoms with Gasteiger partial charge in [-0.15, -0.1) is 12.4 Å². The summed E-state index contributed by atoms with van der Waals surface area (Å²) in [7, 11) is 0. The van der Waals surface area contributed by atoms with Gasteiger partial charge in [-0.2, -0.15) is 16.3 Å². The quantitative estimate of drug-likeness (QED) is 0.760. The highest BCUT2D eigenvalue weighted by molar-refractivity contribution is 7.08. The van der Waals surface area contributed by atoms with Gasteiger partial charge in [0, 0.05) is 63.1 Å². The van der Waals surface area contributed by atoms with Crippen molar-refractivity contribution in [2.45, 2.75) is 12.8 Å². The highest BCUT2D eigenvalue weighted by Crippen LogP contribution is 2.18. The number of nitrogens with one attached hydrogen (secondary N) is 2. The number of aromatic nitrogens is 2. The lowest BCUT2D eigenvalue weighted by Crippen LogP contribution is -2.46. The van der Waals surface area contributed by atoms with E-state index in [2.05, 4.69) is 25.7 Å². The van der Waals surface area contributed by atoms with Gasteiger partial charge >= 0.3 is 0 Å². The fourth-order valence-electron chi connectivity index (χ4n) is 2.46. The van der Waals surface area contributed by atoms with E-state index in [1.54, 1.807) is 11.3 Å². The summed E-state index contributed by atoms with van der Waals surface area (Å²) in [6, 6.07) is 1.95. The summed E-state index contributed by atoms with van der Waals surface area (Å²) >= 11 is 1.59. The van der Waals surface area contributed by atoms with Crippen LogP contribution in [0.2, 0.25) is 0 Å². The SMILES string of the molecule is Cl.O=C(CCc1nc(-c2ccsc2)no1)NCCN1CCNCC1. The fourth-order valence-corrected chi connectivity index (χ4v) is 3.10. The molecule has 1 amide bonds. The second-order valence-electron chi connectivity index (χ2n) is 5.47. The number of thiophene rings is 1. The minimum absolute atomic E-state index is 0. The van der Waals surface area contributed by atoms with Crippen molar-refractivity contribution in [3.8, 4) is 11.4 Å². The highest BCUT2D eigenvalue weighted by atomic mass is 35.5. The molecule has 1 saturated heterocycles. The van der Waals surface area contributed by atoms with E-state index in [-0.39, 0.29) is 18.3 Å². The molecule has 2 N–H and O–H groups in total. The Hall–Kier alpha value is -1.48. The molecule has 2 aromatic rings. The average Bonchev–Trinajstić information content (AvgIpc) is 3.25. The van der Waals surface area contributed by atoms with Crippen molar-refractivity contribution in [3.63, 3.8) is 0 Å². The Kier molecular flexibility index (Phi) is 7.64. The molecule has 24 heavy (non-hydrogen) atoms. The van der Waals surface area contributed by atoms with Crippen LogP contribution >= 0.6 is 23.7 Å². The molecule has 0 aromatic carbocycles. The van der Waals surface area contributed by atoms with Crippen LogP contribution in [0.1, 0.15) is 12.3 Å². The Morgan fingerprint density at radius 2 is 2.25 bits per heavy atom. The van der Waals surface area contributed by atoms with Gasteiger partial charge in [-0.1, -0.05) is 5.16 Å². The molecule has 3 rings (SSSR count). The first-order chi connectivity index (χ1) is 11.3.